The van der Waals surface area contributed by atoms with E-state index in [-0.39, 0.29) is 6.10 Å². The lowest BCUT2D eigenvalue weighted by Gasteiger charge is -2.20. The molecule has 172 valence electrons. The molecule has 0 fully saturated rings. The first-order valence-corrected chi connectivity index (χ1v) is 9.89. The highest BCUT2D eigenvalue weighted by atomic mass is 19.4. The van der Waals surface area contributed by atoms with Gasteiger partial charge in [0.2, 0.25) is 5.91 Å². The van der Waals surface area contributed by atoms with E-state index in [4.69, 9.17) is 9.47 Å². The lowest BCUT2D eigenvalue weighted by Crippen LogP contribution is -2.32. The SMILES string of the molecule is CCOc1cc2c(cc1NC(C)C(=O)Nc1ccc([N+](=O)[O-])cc1C(F)(F)F)OC(C)C2. The predicted octanol–water partition coefficient (Wildman–Crippen LogP) is 4.77. The molecular formula is C21H22F3N3O5. The summed E-state index contributed by atoms with van der Waals surface area (Å²) in [5, 5.41) is 16.0. The second-order valence-electron chi connectivity index (χ2n) is 7.36. The van der Waals surface area contributed by atoms with E-state index in [2.05, 4.69) is 10.6 Å². The number of alkyl halides is 3. The molecule has 2 aromatic carbocycles. The zero-order valence-electron chi connectivity index (χ0n) is 17.6. The summed E-state index contributed by atoms with van der Waals surface area (Å²) in [6.45, 7) is 5.58. The topological polar surface area (TPSA) is 103 Å². The number of halogens is 3. The molecule has 1 aliphatic heterocycles. The fourth-order valence-electron chi connectivity index (χ4n) is 3.36. The normalized spacial score (nSPS) is 16.0. The lowest BCUT2D eigenvalue weighted by atomic mass is 10.1. The van der Waals surface area contributed by atoms with Crippen LogP contribution in [0.4, 0.5) is 30.2 Å². The van der Waals surface area contributed by atoms with Crippen molar-refractivity contribution in [3.63, 3.8) is 0 Å². The molecule has 3 rings (SSSR count). The number of fused-ring (bicyclic) bond motifs is 1. The summed E-state index contributed by atoms with van der Waals surface area (Å²) in [5.41, 5.74) is -1.18. The molecule has 1 amide bonds. The number of rotatable bonds is 7. The van der Waals surface area contributed by atoms with Crippen molar-refractivity contribution in [2.75, 3.05) is 17.2 Å². The van der Waals surface area contributed by atoms with Gasteiger partial charge in [0.15, 0.2) is 0 Å². The van der Waals surface area contributed by atoms with Gasteiger partial charge in [-0.1, -0.05) is 0 Å². The number of nitrogens with zero attached hydrogens (tertiary/aromatic N) is 1. The monoisotopic (exact) mass is 453 g/mol. The van der Waals surface area contributed by atoms with Crippen molar-refractivity contribution < 1.29 is 32.4 Å². The molecule has 0 bridgehead atoms. The Labute approximate surface area is 181 Å². The fraction of sp³-hybridized carbons (Fsp3) is 0.381. The molecule has 2 N–H and O–H groups in total. The van der Waals surface area contributed by atoms with Crippen LogP contribution in [0.1, 0.15) is 31.9 Å². The van der Waals surface area contributed by atoms with Crippen molar-refractivity contribution in [3.05, 3.63) is 51.6 Å². The van der Waals surface area contributed by atoms with Crippen LogP contribution in [0, 0.1) is 10.1 Å². The van der Waals surface area contributed by atoms with E-state index in [0.29, 0.717) is 36.3 Å². The molecule has 0 saturated heterocycles. The quantitative estimate of drug-likeness (QED) is 0.462. The van der Waals surface area contributed by atoms with E-state index in [1.165, 1.54) is 6.92 Å². The number of carbonyl (C=O) groups excluding carboxylic acids is 1. The number of nitro benzene ring substituents is 1. The van der Waals surface area contributed by atoms with Crippen LogP contribution in [-0.2, 0) is 17.4 Å². The van der Waals surface area contributed by atoms with Crippen molar-refractivity contribution in [2.45, 2.75) is 45.5 Å². The summed E-state index contributed by atoms with van der Waals surface area (Å²) in [5.74, 6) is 0.377. The largest absolute Gasteiger partial charge is 0.492 e. The lowest BCUT2D eigenvalue weighted by molar-refractivity contribution is -0.385. The van der Waals surface area contributed by atoms with Gasteiger partial charge in [0.25, 0.3) is 5.69 Å². The van der Waals surface area contributed by atoms with Gasteiger partial charge in [-0.2, -0.15) is 13.2 Å². The van der Waals surface area contributed by atoms with Crippen molar-refractivity contribution >= 4 is 23.0 Å². The van der Waals surface area contributed by atoms with Crippen LogP contribution in [0.15, 0.2) is 30.3 Å². The first kappa shape index (κ1) is 23.2. The molecule has 32 heavy (non-hydrogen) atoms. The number of carbonyl (C=O) groups is 1. The Hall–Kier alpha value is -3.50. The van der Waals surface area contributed by atoms with E-state index in [1.54, 1.807) is 13.0 Å². The number of non-ortho nitro benzene ring substituents is 1. The van der Waals surface area contributed by atoms with Crippen LogP contribution < -0.4 is 20.1 Å². The number of benzene rings is 2. The van der Waals surface area contributed by atoms with Gasteiger partial charge in [0.1, 0.15) is 23.6 Å². The Balaban J connectivity index is 1.82. The molecule has 0 saturated carbocycles. The van der Waals surface area contributed by atoms with Gasteiger partial charge >= 0.3 is 6.18 Å². The number of ether oxygens (including phenoxy) is 2. The van der Waals surface area contributed by atoms with Gasteiger partial charge in [0.05, 0.1) is 28.5 Å². The first-order chi connectivity index (χ1) is 15.0. The zero-order valence-corrected chi connectivity index (χ0v) is 17.6. The molecule has 0 aliphatic carbocycles. The molecule has 2 unspecified atom stereocenters. The Bertz CT molecular complexity index is 1040. The van der Waals surface area contributed by atoms with Gasteiger partial charge in [-0.05, 0) is 32.9 Å². The minimum Gasteiger partial charge on any atom is -0.492 e. The Morgan fingerprint density at radius 3 is 2.66 bits per heavy atom. The molecular weight excluding hydrogens is 431 g/mol. The number of amides is 1. The number of nitrogens with one attached hydrogen (secondary N) is 2. The Kier molecular flexibility index (Phi) is 6.47. The summed E-state index contributed by atoms with van der Waals surface area (Å²) in [6, 6.07) is 4.70. The Morgan fingerprint density at radius 2 is 2.03 bits per heavy atom. The van der Waals surface area contributed by atoms with E-state index >= 15 is 0 Å². The number of hydrogen-bond donors (Lipinski definition) is 2. The van der Waals surface area contributed by atoms with Crippen LogP contribution in [0.3, 0.4) is 0 Å². The van der Waals surface area contributed by atoms with Crippen LogP contribution in [-0.4, -0.2) is 29.6 Å². The molecule has 8 nitrogen and oxygen atoms in total. The number of nitro groups is 1. The van der Waals surface area contributed by atoms with Crippen LogP contribution in [0.2, 0.25) is 0 Å². The third-order valence-corrected chi connectivity index (χ3v) is 4.84. The van der Waals surface area contributed by atoms with Gasteiger partial charge in [-0.25, -0.2) is 0 Å². The highest BCUT2D eigenvalue weighted by Crippen LogP contribution is 2.39. The average molecular weight is 453 g/mol. The standard InChI is InChI=1S/C21H22F3N3O5/c1-4-31-19-8-13-7-11(2)32-18(13)10-17(19)25-12(3)20(28)26-16-6-5-14(27(29)30)9-15(16)21(22,23)24/h5-6,8-12,25H,4,7H2,1-3H3,(H,26,28). The third kappa shape index (κ3) is 5.04. The maximum absolute atomic E-state index is 13.4. The van der Waals surface area contributed by atoms with Crippen LogP contribution in [0.25, 0.3) is 0 Å². The maximum atomic E-state index is 13.4. The van der Waals surface area contributed by atoms with Gasteiger partial charge in [-0.3, -0.25) is 14.9 Å². The minimum absolute atomic E-state index is 0.00150. The second kappa shape index (κ2) is 8.93. The zero-order chi connectivity index (χ0) is 23.6. The molecule has 1 aliphatic rings. The maximum Gasteiger partial charge on any atom is 0.418 e. The van der Waals surface area contributed by atoms with Gasteiger partial charge in [-0.15, -0.1) is 0 Å². The smallest absolute Gasteiger partial charge is 0.418 e. The van der Waals surface area contributed by atoms with E-state index in [1.807, 2.05) is 13.0 Å². The van der Waals surface area contributed by atoms with Crippen molar-refractivity contribution in [2.24, 2.45) is 0 Å². The van der Waals surface area contributed by atoms with E-state index in [0.717, 1.165) is 17.7 Å². The molecule has 2 aromatic rings. The highest BCUT2D eigenvalue weighted by Gasteiger charge is 2.36. The first-order valence-electron chi connectivity index (χ1n) is 9.89. The summed E-state index contributed by atoms with van der Waals surface area (Å²) in [7, 11) is 0. The average Bonchev–Trinajstić information content (AvgIpc) is 3.06. The van der Waals surface area contributed by atoms with Crippen molar-refractivity contribution in [1.82, 2.24) is 0 Å². The highest BCUT2D eigenvalue weighted by molar-refractivity contribution is 5.97. The molecule has 1 heterocycles. The second-order valence-corrected chi connectivity index (χ2v) is 7.36. The third-order valence-electron chi connectivity index (χ3n) is 4.84. The molecule has 11 heteroatoms. The number of anilines is 2. The van der Waals surface area contributed by atoms with Crippen molar-refractivity contribution in [1.29, 1.82) is 0 Å². The van der Waals surface area contributed by atoms with Gasteiger partial charge < -0.3 is 20.1 Å². The number of hydrogen-bond acceptors (Lipinski definition) is 6. The fourth-order valence-corrected chi connectivity index (χ4v) is 3.36. The summed E-state index contributed by atoms with van der Waals surface area (Å²) >= 11 is 0. The van der Waals surface area contributed by atoms with Gasteiger partial charge in [0, 0.05) is 30.2 Å². The summed E-state index contributed by atoms with van der Waals surface area (Å²) in [6.07, 6.45) is -4.17. The van der Waals surface area contributed by atoms with E-state index < -0.39 is 40.0 Å². The molecule has 0 radical (unpaired) electrons. The van der Waals surface area contributed by atoms with E-state index in [9.17, 15) is 28.1 Å². The van der Waals surface area contributed by atoms with Crippen LogP contribution in [0.5, 0.6) is 11.5 Å². The Morgan fingerprint density at radius 1 is 1.31 bits per heavy atom. The predicted molar refractivity (Wildman–Crippen MR) is 111 cm³/mol. The minimum atomic E-state index is -4.89. The van der Waals surface area contributed by atoms with Crippen molar-refractivity contribution in [3.8, 4) is 11.5 Å². The van der Waals surface area contributed by atoms with Crippen LogP contribution >= 0.6 is 0 Å². The summed E-state index contributed by atoms with van der Waals surface area (Å²) < 4.78 is 51.5. The summed E-state index contributed by atoms with van der Waals surface area (Å²) in [4.78, 5) is 22.5. The molecule has 0 spiro atoms. The molecule has 0 aromatic heterocycles. The molecule has 2 atom stereocenters.